The first-order chi connectivity index (χ1) is 13.5. The fraction of sp³-hybridized carbons (Fsp3) is 0.286. The van der Waals surface area contributed by atoms with Gasteiger partial charge in [-0.2, -0.15) is 0 Å². The highest BCUT2D eigenvalue weighted by Crippen LogP contribution is 2.24. The zero-order chi connectivity index (χ0) is 19.9. The van der Waals surface area contributed by atoms with Gasteiger partial charge in [0.2, 0.25) is 11.8 Å². The second-order valence-corrected chi connectivity index (χ2v) is 7.48. The van der Waals surface area contributed by atoms with Crippen LogP contribution in [0, 0.1) is 20.8 Å². The maximum atomic E-state index is 12.0. The number of carbonyl (C=O) groups excluding carboxylic acids is 1. The van der Waals surface area contributed by atoms with Crippen LogP contribution in [0.15, 0.2) is 52.1 Å². The van der Waals surface area contributed by atoms with E-state index in [-0.39, 0.29) is 11.7 Å². The van der Waals surface area contributed by atoms with Crippen molar-refractivity contribution in [1.82, 2.24) is 15.5 Å². The minimum Gasteiger partial charge on any atom is -0.492 e. The molecule has 1 aromatic heterocycles. The van der Waals surface area contributed by atoms with Crippen molar-refractivity contribution in [3.8, 4) is 17.2 Å². The smallest absolute Gasteiger partial charge is 0.277 e. The van der Waals surface area contributed by atoms with Gasteiger partial charge in [-0.3, -0.25) is 4.79 Å². The van der Waals surface area contributed by atoms with E-state index in [4.69, 9.17) is 9.15 Å². The van der Waals surface area contributed by atoms with Crippen molar-refractivity contribution < 1.29 is 13.9 Å². The molecule has 0 unspecified atom stereocenters. The largest absolute Gasteiger partial charge is 0.492 e. The molecule has 3 aromatic rings. The minimum absolute atomic E-state index is 0.107. The molecule has 1 N–H and O–H groups in total. The third-order valence-corrected chi connectivity index (χ3v) is 4.70. The SMILES string of the molecule is Cc1cccc(OCCNC(=O)CSc2nnc(-c3cc(C)cc(C)c3)o2)c1. The summed E-state index contributed by atoms with van der Waals surface area (Å²) >= 11 is 1.22. The number of hydrogen-bond acceptors (Lipinski definition) is 6. The average molecular weight is 398 g/mol. The second-order valence-electron chi connectivity index (χ2n) is 6.55. The van der Waals surface area contributed by atoms with Crippen LogP contribution >= 0.6 is 11.8 Å². The lowest BCUT2D eigenvalue weighted by atomic mass is 10.1. The van der Waals surface area contributed by atoms with Crippen molar-refractivity contribution in [2.45, 2.75) is 26.0 Å². The number of amides is 1. The summed E-state index contributed by atoms with van der Waals surface area (Å²) in [5, 5.41) is 11.3. The van der Waals surface area contributed by atoms with E-state index in [0.29, 0.717) is 24.3 Å². The lowest BCUT2D eigenvalue weighted by molar-refractivity contribution is -0.118. The highest BCUT2D eigenvalue weighted by atomic mass is 32.2. The van der Waals surface area contributed by atoms with Crippen LogP contribution in [-0.4, -0.2) is 35.0 Å². The quantitative estimate of drug-likeness (QED) is 0.458. The Bertz CT molecular complexity index is 935. The van der Waals surface area contributed by atoms with Crippen molar-refractivity contribution in [3.63, 3.8) is 0 Å². The van der Waals surface area contributed by atoms with Crippen LogP contribution in [0.1, 0.15) is 16.7 Å². The Hall–Kier alpha value is -2.80. The summed E-state index contributed by atoms with van der Waals surface area (Å²) in [6.07, 6.45) is 0. The van der Waals surface area contributed by atoms with Gasteiger partial charge < -0.3 is 14.5 Å². The maximum Gasteiger partial charge on any atom is 0.277 e. The van der Waals surface area contributed by atoms with Crippen molar-refractivity contribution in [3.05, 3.63) is 59.2 Å². The summed E-state index contributed by atoms with van der Waals surface area (Å²) in [7, 11) is 0. The van der Waals surface area contributed by atoms with Crippen molar-refractivity contribution >= 4 is 17.7 Å². The molecule has 1 heterocycles. The number of ether oxygens (including phenoxy) is 1. The van der Waals surface area contributed by atoms with Crippen molar-refractivity contribution in [2.75, 3.05) is 18.9 Å². The number of aryl methyl sites for hydroxylation is 3. The summed E-state index contributed by atoms with van der Waals surface area (Å²) in [6, 6.07) is 13.9. The molecule has 0 aliphatic heterocycles. The highest BCUT2D eigenvalue weighted by molar-refractivity contribution is 7.99. The molecule has 0 fully saturated rings. The molecule has 0 saturated carbocycles. The monoisotopic (exact) mass is 397 g/mol. The first-order valence-electron chi connectivity index (χ1n) is 9.01. The van der Waals surface area contributed by atoms with Gasteiger partial charge in [0.15, 0.2) is 0 Å². The topological polar surface area (TPSA) is 77.2 Å². The van der Waals surface area contributed by atoms with Gasteiger partial charge in [-0.1, -0.05) is 41.1 Å². The average Bonchev–Trinajstić information content (AvgIpc) is 3.12. The molecule has 7 heteroatoms. The second kappa shape index (κ2) is 9.41. The van der Waals surface area contributed by atoms with Gasteiger partial charge in [-0.05, 0) is 50.6 Å². The predicted octanol–water partition coefficient (Wildman–Crippen LogP) is 3.95. The molecule has 0 aliphatic rings. The van der Waals surface area contributed by atoms with E-state index in [1.54, 1.807) is 0 Å². The van der Waals surface area contributed by atoms with E-state index in [0.717, 1.165) is 28.0 Å². The van der Waals surface area contributed by atoms with Crippen LogP contribution in [0.25, 0.3) is 11.5 Å². The number of thioether (sulfide) groups is 1. The summed E-state index contributed by atoms with van der Waals surface area (Å²) in [6.45, 7) is 6.91. The van der Waals surface area contributed by atoms with Gasteiger partial charge in [0, 0.05) is 5.56 Å². The molecule has 2 aromatic carbocycles. The number of carbonyl (C=O) groups is 1. The predicted molar refractivity (Wildman–Crippen MR) is 110 cm³/mol. The molecule has 0 bridgehead atoms. The van der Waals surface area contributed by atoms with Crippen molar-refractivity contribution in [1.29, 1.82) is 0 Å². The van der Waals surface area contributed by atoms with Crippen LogP contribution in [0.4, 0.5) is 0 Å². The lowest BCUT2D eigenvalue weighted by Crippen LogP contribution is -2.29. The number of aromatic nitrogens is 2. The highest BCUT2D eigenvalue weighted by Gasteiger charge is 2.11. The first-order valence-corrected chi connectivity index (χ1v) is 9.99. The molecule has 3 rings (SSSR count). The number of hydrogen-bond donors (Lipinski definition) is 1. The van der Waals surface area contributed by atoms with Crippen molar-refractivity contribution in [2.24, 2.45) is 0 Å². The Morgan fingerprint density at radius 1 is 1.07 bits per heavy atom. The molecule has 28 heavy (non-hydrogen) atoms. The standard InChI is InChI=1S/C21H23N3O3S/c1-14-5-4-6-18(12-14)26-8-7-22-19(25)13-28-21-24-23-20(27-21)17-10-15(2)9-16(3)11-17/h4-6,9-12H,7-8,13H2,1-3H3,(H,22,25). The first kappa shape index (κ1) is 19.9. The Labute approximate surface area is 168 Å². The van der Waals surface area contributed by atoms with Crippen LogP contribution in [0.2, 0.25) is 0 Å². The molecule has 0 atom stereocenters. The molecule has 1 amide bonds. The van der Waals surface area contributed by atoms with Gasteiger partial charge in [0.25, 0.3) is 5.22 Å². The van der Waals surface area contributed by atoms with Crippen LogP contribution < -0.4 is 10.1 Å². The molecule has 146 valence electrons. The summed E-state index contributed by atoms with van der Waals surface area (Å²) in [4.78, 5) is 12.0. The molecular formula is C21H23N3O3S. The maximum absolute atomic E-state index is 12.0. The Morgan fingerprint density at radius 2 is 1.86 bits per heavy atom. The number of nitrogens with zero attached hydrogens (tertiary/aromatic N) is 2. The number of rotatable bonds is 8. The fourth-order valence-electron chi connectivity index (χ4n) is 2.73. The van der Waals surface area contributed by atoms with E-state index >= 15 is 0 Å². The Balaban J connectivity index is 1.42. The molecule has 0 spiro atoms. The van der Waals surface area contributed by atoms with Gasteiger partial charge >= 0.3 is 0 Å². The summed E-state index contributed by atoms with van der Waals surface area (Å²) in [5.41, 5.74) is 4.29. The molecule has 0 saturated heterocycles. The number of nitrogens with one attached hydrogen (secondary N) is 1. The Kier molecular flexibility index (Phi) is 6.71. The third kappa shape index (κ3) is 5.85. The van der Waals surface area contributed by atoms with E-state index in [1.165, 1.54) is 11.8 Å². The van der Waals surface area contributed by atoms with Crippen LogP contribution in [0.3, 0.4) is 0 Å². The lowest BCUT2D eigenvalue weighted by Gasteiger charge is -2.07. The molecule has 0 aliphatic carbocycles. The molecule has 6 nitrogen and oxygen atoms in total. The van der Waals surface area contributed by atoms with Gasteiger partial charge in [0.05, 0.1) is 12.3 Å². The van der Waals surface area contributed by atoms with Gasteiger partial charge in [-0.25, -0.2) is 0 Å². The molecular weight excluding hydrogens is 374 g/mol. The van der Waals surface area contributed by atoms with E-state index in [1.807, 2.05) is 57.2 Å². The zero-order valence-electron chi connectivity index (χ0n) is 16.2. The zero-order valence-corrected chi connectivity index (χ0v) is 17.0. The summed E-state index contributed by atoms with van der Waals surface area (Å²) in [5.74, 6) is 1.36. The minimum atomic E-state index is -0.107. The summed E-state index contributed by atoms with van der Waals surface area (Å²) < 4.78 is 11.3. The van der Waals surface area contributed by atoms with Gasteiger partial charge in [0.1, 0.15) is 12.4 Å². The van der Waals surface area contributed by atoms with E-state index < -0.39 is 0 Å². The van der Waals surface area contributed by atoms with Crippen LogP contribution in [0.5, 0.6) is 5.75 Å². The van der Waals surface area contributed by atoms with E-state index in [9.17, 15) is 4.79 Å². The van der Waals surface area contributed by atoms with Gasteiger partial charge in [-0.15, -0.1) is 10.2 Å². The van der Waals surface area contributed by atoms with Crippen LogP contribution in [-0.2, 0) is 4.79 Å². The number of benzene rings is 2. The molecule has 0 radical (unpaired) electrons. The Morgan fingerprint density at radius 3 is 2.61 bits per heavy atom. The third-order valence-electron chi connectivity index (χ3n) is 3.88. The normalized spacial score (nSPS) is 10.7. The van der Waals surface area contributed by atoms with E-state index in [2.05, 4.69) is 21.6 Å². The fourth-order valence-corrected chi connectivity index (χ4v) is 3.32.